The van der Waals surface area contributed by atoms with Gasteiger partial charge in [-0.2, -0.15) is 0 Å². The lowest BCUT2D eigenvalue weighted by molar-refractivity contribution is -0.131. The molecule has 6 heteroatoms. The summed E-state index contributed by atoms with van der Waals surface area (Å²) in [6, 6.07) is 11.8. The molecule has 0 aromatic heterocycles. The van der Waals surface area contributed by atoms with Crippen LogP contribution in [0.3, 0.4) is 0 Å². The summed E-state index contributed by atoms with van der Waals surface area (Å²) in [4.78, 5) is 28.4. The van der Waals surface area contributed by atoms with E-state index in [1.165, 1.54) is 5.56 Å². The maximum absolute atomic E-state index is 12.9. The van der Waals surface area contributed by atoms with Gasteiger partial charge >= 0.3 is 0 Å². The van der Waals surface area contributed by atoms with Crippen molar-refractivity contribution in [2.45, 2.75) is 32.2 Å². The molecule has 0 saturated carbocycles. The smallest absolute Gasteiger partial charge is 0.227 e. The molecule has 0 N–H and O–H groups in total. The molecule has 152 valence electrons. The first-order valence-corrected chi connectivity index (χ1v) is 10.00. The quantitative estimate of drug-likeness (QED) is 0.782. The molecule has 1 fully saturated rings. The van der Waals surface area contributed by atoms with E-state index in [0.717, 1.165) is 42.0 Å². The second-order valence-corrected chi connectivity index (χ2v) is 7.53. The molecule has 0 radical (unpaired) electrons. The number of ether oxygens (including phenoxy) is 2. The van der Waals surface area contributed by atoms with E-state index >= 15 is 0 Å². The molecule has 2 aliphatic heterocycles. The minimum Gasteiger partial charge on any atom is -0.493 e. The van der Waals surface area contributed by atoms with Gasteiger partial charge in [-0.1, -0.05) is 12.1 Å². The zero-order valence-corrected chi connectivity index (χ0v) is 16.9. The van der Waals surface area contributed by atoms with Crippen LogP contribution in [-0.4, -0.2) is 44.0 Å². The summed E-state index contributed by atoms with van der Waals surface area (Å²) >= 11 is 0. The number of rotatable bonds is 5. The summed E-state index contributed by atoms with van der Waals surface area (Å²) in [5.41, 5.74) is 4.18. The van der Waals surface area contributed by atoms with Crippen molar-refractivity contribution in [2.75, 3.05) is 32.2 Å². The van der Waals surface area contributed by atoms with Gasteiger partial charge in [0.15, 0.2) is 11.5 Å². The van der Waals surface area contributed by atoms with E-state index in [4.69, 9.17) is 9.47 Å². The fourth-order valence-electron chi connectivity index (χ4n) is 4.10. The first-order valence-electron chi connectivity index (χ1n) is 10.00. The second-order valence-electron chi connectivity index (χ2n) is 7.53. The van der Waals surface area contributed by atoms with Gasteiger partial charge in [0, 0.05) is 31.7 Å². The van der Waals surface area contributed by atoms with Crippen molar-refractivity contribution in [3.05, 3.63) is 53.1 Å². The maximum Gasteiger partial charge on any atom is 0.227 e. The van der Waals surface area contributed by atoms with E-state index in [1.807, 2.05) is 46.2 Å². The lowest BCUT2D eigenvalue weighted by atomic mass is 9.98. The zero-order chi connectivity index (χ0) is 20.4. The molecular formula is C23H26N2O4. The van der Waals surface area contributed by atoms with Crippen molar-refractivity contribution in [2.24, 2.45) is 0 Å². The third-order valence-corrected chi connectivity index (χ3v) is 5.75. The third-order valence-electron chi connectivity index (χ3n) is 5.75. The van der Waals surface area contributed by atoms with Gasteiger partial charge in [0.1, 0.15) is 0 Å². The molecule has 1 saturated heterocycles. The van der Waals surface area contributed by atoms with Crippen molar-refractivity contribution < 1.29 is 19.1 Å². The predicted octanol–water partition coefficient (Wildman–Crippen LogP) is 2.96. The van der Waals surface area contributed by atoms with Gasteiger partial charge in [-0.05, 0) is 53.8 Å². The number of carbonyl (C=O) groups is 2. The van der Waals surface area contributed by atoms with Gasteiger partial charge in [0.05, 0.1) is 20.6 Å². The Morgan fingerprint density at radius 1 is 0.966 bits per heavy atom. The minimum absolute atomic E-state index is 0.107. The van der Waals surface area contributed by atoms with E-state index in [-0.39, 0.29) is 11.8 Å². The average molecular weight is 394 g/mol. The molecule has 0 atom stereocenters. The number of hydrogen-bond donors (Lipinski definition) is 0. The highest BCUT2D eigenvalue weighted by atomic mass is 16.5. The molecule has 6 nitrogen and oxygen atoms in total. The summed E-state index contributed by atoms with van der Waals surface area (Å²) in [5, 5.41) is 0. The minimum atomic E-state index is 0.107. The summed E-state index contributed by atoms with van der Waals surface area (Å²) in [6.45, 7) is 2.05. The summed E-state index contributed by atoms with van der Waals surface area (Å²) < 4.78 is 10.8. The van der Waals surface area contributed by atoms with E-state index in [9.17, 15) is 9.59 Å². The molecule has 2 aromatic rings. The van der Waals surface area contributed by atoms with Crippen LogP contribution in [0.15, 0.2) is 36.4 Å². The van der Waals surface area contributed by atoms with Gasteiger partial charge in [-0.25, -0.2) is 0 Å². The predicted molar refractivity (Wildman–Crippen MR) is 110 cm³/mol. The first kappa shape index (κ1) is 19.3. The average Bonchev–Trinajstić information content (AvgIpc) is 3.18. The largest absolute Gasteiger partial charge is 0.493 e. The van der Waals surface area contributed by atoms with E-state index in [0.29, 0.717) is 31.7 Å². The Morgan fingerprint density at radius 3 is 2.28 bits per heavy atom. The third kappa shape index (κ3) is 3.92. The Hall–Kier alpha value is -3.02. The highest BCUT2D eigenvalue weighted by Gasteiger charge is 2.24. The maximum atomic E-state index is 12.9. The lowest BCUT2D eigenvalue weighted by Gasteiger charge is -2.30. The molecule has 2 heterocycles. The Labute approximate surface area is 171 Å². The fraction of sp³-hybridized carbons (Fsp3) is 0.391. The Balaban J connectivity index is 1.42. The summed E-state index contributed by atoms with van der Waals surface area (Å²) in [7, 11) is 3.25. The van der Waals surface area contributed by atoms with Crippen molar-refractivity contribution in [3.8, 4) is 11.5 Å². The van der Waals surface area contributed by atoms with Gasteiger partial charge in [-0.15, -0.1) is 0 Å². The molecule has 29 heavy (non-hydrogen) atoms. The molecular weight excluding hydrogens is 368 g/mol. The number of methoxy groups -OCH3 is 2. The Kier molecular flexibility index (Phi) is 5.43. The van der Waals surface area contributed by atoms with Crippen molar-refractivity contribution in [3.63, 3.8) is 0 Å². The SMILES string of the molecule is COc1cc2c(cc1OC)CN(C(=O)Cc1ccc(N3CCCC3=O)cc1)CC2. The van der Waals surface area contributed by atoms with Crippen LogP contribution in [0.1, 0.15) is 29.5 Å². The van der Waals surface area contributed by atoms with Gasteiger partial charge < -0.3 is 19.3 Å². The molecule has 0 aliphatic carbocycles. The monoisotopic (exact) mass is 394 g/mol. The zero-order valence-electron chi connectivity index (χ0n) is 16.9. The normalized spacial score (nSPS) is 16.0. The number of anilines is 1. The van der Waals surface area contributed by atoms with Gasteiger partial charge in [0.2, 0.25) is 11.8 Å². The Morgan fingerprint density at radius 2 is 1.66 bits per heavy atom. The van der Waals surface area contributed by atoms with Crippen LogP contribution in [0.25, 0.3) is 0 Å². The summed E-state index contributed by atoms with van der Waals surface area (Å²) in [5.74, 6) is 1.69. The number of hydrogen-bond acceptors (Lipinski definition) is 4. The van der Waals surface area contributed by atoms with E-state index in [2.05, 4.69) is 0 Å². The molecule has 2 amide bonds. The highest BCUT2D eigenvalue weighted by molar-refractivity contribution is 5.95. The van der Waals surface area contributed by atoms with E-state index < -0.39 is 0 Å². The number of carbonyl (C=O) groups excluding carboxylic acids is 2. The Bertz CT molecular complexity index is 923. The van der Waals surface area contributed by atoms with Crippen LogP contribution in [-0.2, 0) is 29.0 Å². The topological polar surface area (TPSA) is 59.1 Å². The van der Waals surface area contributed by atoms with E-state index in [1.54, 1.807) is 14.2 Å². The molecule has 4 rings (SSSR count). The van der Waals surface area contributed by atoms with Crippen LogP contribution >= 0.6 is 0 Å². The molecule has 0 unspecified atom stereocenters. The highest BCUT2D eigenvalue weighted by Crippen LogP contribution is 2.33. The first-order chi connectivity index (χ1) is 14.1. The molecule has 2 aliphatic rings. The number of fused-ring (bicyclic) bond motifs is 1. The van der Waals surface area contributed by atoms with Crippen molar-refractivity contribution in [1.82, 2.24) is 4.90 Å². The van der Waals surface area contributed by atoms with Crippen LogP contribution in [0.4, 0.5) is 5.69 Å². The van der Waals surface area contributed by atoms with Crippen molar-refractivity contribution in [1.29, 1.82) is 0 Å². The van der Waals surface area contributed by atoms with Gasteiger partial charge in [0.25, 0.3) is 0 Å². The second kappa shape index (κ2) is 8.15. The molecule has 2 aromatic carbocycles. The fourth-order valence-corrected chi connectivity index (χ4v) is 4.10. The number of nitrogens with zero attached hydrogens (tertiary/aromatic N) is 2. The lowest BCUT2D eigenvalue weighted by Crippen LogP contribution is -2.37. The number of benzene rings is 2. The molecule has 0 spiro atoms. The van der Waals surface area contributed by atoms with Gasteiger partial charge in [-0.3, -0.25) is 9.59 Å². The van der Waals surface area contributed by atoms with Crippen LogP contribution in [0, 0.1) is 0 Å². The van der Waals surface area contributed by atoms with Crippen molar-refractivity contribution >= 4 is 17.5 Å². The summed E-state index contributed by atoms with van der Waals surface area (Å²) in [6.07, 6.45) is 2.69. The standard InChI is InChI=1S/C23H26N2O4/c1-28-20-13-17-9-11-24(15-18(17)14-21(20)29-2)23(27)12-16-5-7-19(8-6-16)25-10-3-4-22(25)26/h5-8,13-14H,3-4,9-12,15H2,1-2H3. The van der Waals surface area contributed by atoms with Crippen LogP contribution in [0.5, 0.6) is 11.5 Å². The van der Waals surface area contributed by atoms with Crippen LogP contribution < -0.4 is 14.4 Å². The van der Waals surface area contributed by atoms with Crippen LogP contribution in [0.2, 0.25) is 0 Å². The molecule has 0 bridgehead atoms. The number of amides is 2.